The third kappa shape index (κ3) is 3.16. The lowest BCUT2D eigenvalue weighted by Crippen LogP contribution is -2.28. The van der Waals surface area contributed by atoms with E-state index in [-0.39, 0.29) is 11.3 Å². The van der Waals surface area contributed by atoms with Gasteiger partial charge < -0.3 is 10.6 Å². The summed E-state index contributed by atoms with van der Waals surface area (Å²) in [5, 5.41) is 0. The summed E-state index contributed by atoms with van der Waals surface area (Å²) in [5.74, 6) is -0.670. The molecule has 0 unspecified atom stereocenters. The molecule has 1 amide bonds. The number of pyridine rings is 2. The summed E-state index contributed by atoms with van der Waals surface area (Å²) in [6.45, 7) is 1.78. The van der Waals surface area contributed by atoms with Crippen LogP contribution in [-0.4, -0.2) is 22.9 Å². The van der Waals surface area contributed by atoms with E-state index < -0.39 is 17.8 Å². The van der Waals surface area contributed by atoms with Gasteiger partial charge >= 0.3 is 6.18 Å². The summed E-state index contributed by atoms with van der Waals surface area (Å²) in [6.07, 6.45) is -2.36. The number of halogens is 3. The largest absolute Gasteiger partial charge is 0.433 e. The third-order valence-electron chi connectivity index (χ3n) is 3.04. The second kappa shape index (κ2) is 5.63. The minimum Gasteiger partial charge on any atom is -0.397 e. The first kappa shape index (κ1) is 15.7. The van der Waals surface area contributed by atoms with Gasteiger partial charge in [-0.2, -0.15) is 13.2 Å². The molecule has 5 nitrogen and oxygen atoms in total. The van der Waals surface area contributed by atoms with E-state index in [1.165, 1.54) is 18.1 Å². The van der Waals surface area contributed by atoms with E-state index in [0.29, 0.717) is 11.8 Å². The molecule has 2 N–H and O–H groups in total. The Labute approximate surface area is 124 Å². The highest BCUT2D eigenvalue weighted by Crippen LogP contribution is 2.30. The van der Waals surface area contributed by atoms with Gasteiger partial charge in [0.15, 0.2) is 0 Å². The topological polar surface area (TPSA) is 72.1 Å². The SMILES string of the molecule is Cc1ccc(N(C)C(=O)c2cc(C(F)(F)F)ncc2N)cn1. The molecule has 0 aliphatic heterocycles. The maximum Gasteiger partial charge on any atom is 0.433 e. The Hall–Kier alpha value is -2.64. The molecule has 0 aliphatic rings. The fourth-order valence-corrected chi connectivity index (χ4v) is 1.76. The number of aryl methyl sites for hydroxylation is 1. The maximum atomic E-state index is 12.7. The number of nitrogens with two attached hydrogens (primary N) is 1. The number of nitrogens with zero attached hydrogens (tertiary/aromatic N) is 3. The highest BCUT2D eigenvalue weighted by atomic mass is 19.4. The fraction of sp³-hybridized carbons (Fsp3) is 0.214. The standard InChI is InChI=1S/C14H13F3N4O/c1-8-3-4-9(6-19-8)21(2)13(22)10-5-12(14(15,16)17)20-7-11(10)18/h3-7H,18H2,1-2H3. The lowest BCUT2D eigenvalue weighted by atomic mass is 10.1. The number of alkyl halides is 3. The summed E-state index contributed by atoms with van der Waals surface area (Å²) in [6, 6.07) is 3.98. The van der Waals surface area contributed by atoms with Crippen LogP contribution < -0.4 is 10.6 Å². The first-order valence-electron chi connectivity index (χ1n) is 6.23. The van der Waals surface area contributed by atoms with E-state index in [9.17, 15) is 18.0 Å². The van der Waals surface area contributed by atoms with Crippen LogP contribution in [0.25, 0.3) is 0 Å². The highest BCUT2D eigenvalue weighted by Gasteiger charge is 2.34. The number of nitrogen functional groups attached to an aromatic ring is 1. The Morgan fingerprint density at radius 2 is 1.91 bits per heavy atom. The molecule has 0 radical (unpaired) electrons. The average Bonchev–Trinajstić information content (AvgIpc) is 2.46. The van der Waals surface area contributed by atoms with Crippen molar-refractivity contribution in [3.8, 4) is 0 Å². The van der Waals surface area contributed by atoms with Crippen LogP contribution in [0.1, 0.15) is 21.7 Å². The van der Waals surface area contributed by atoms with Crippen molar-refractivity contribution < 1.29 is 18.0 Å². The Bertz CT molecular complexity index is 698. The number of rotatable bonds is 2. The van der Waals surface area contributed by atoms with Gasteiger partial charge in [-0.1, -0.05) is 0 Å². The Morgan fingerprint density at radius 3 is 2.45 bits per heavy atom. The van der Waals surface area contributed by atoms with Crippen molar-refractivity contribution in [2.75, 3.05) is 17.7 Å². The predicted molar refractivity (Wildman–Crippen MR) is 75.4 cm³/mol. The smallest absolute Gasteiger partial charge is 0.397 e. The molecule has 2 rings (SSSR count). The van der Waals surface area contributed by atoms with Gasteiger partial charge in [0.1, 0.15) is 5.69 Å². The van der Waals surface area contributed by atoms with Crippen molar-refractivity contribution in [2.45, 2.75) is 13.1 Å². The van der Waals surface area contributed by atoms with Crippen LogP contribution in [0, 0.1) is 6.92 Å². The zero-order valence-electron chi connectivity index (χ0n) is 11.8. The van der Waals surface area contributed by atoms with Gasteiger partial charge in [-0.15, -0.1) is 0 Å². The van der Waals surface area contributed by atoms with Gasteiger partial charge in [0.25, 0.3) is 5.91 Å². The summed E-state index contributed by atoms with van der Waals surface area (Å²) < 4.78 is 38.1. The van der Waals surface area contributed by atoms with Gasteiger partial charge in [0.05, 0.1) is 29.3 Å². The zero-order chi connectivity index (χ0) is 16.5. The molecular formula is C14H13F3N4O. The van der Waals surface area contributed by atoms with E-state index in [1.54, 1.807) is 19.1 Å². The van der Waals surface area contributed by atoms with Gasteiger partial charge in [-0.3, -0.25) is 9.78 Å². The van der Waals surface area contributed by atoms with Crippen LogP contribution >= 0.6 is 0 Å². The molecule has 0 saturated carbocycles. The molecule has 22 heavy (non-hydrogen) atoms. The summed E-state index contributed by atoms with van der Waals surface area (Å²) >= 11 is 0. The van der Waals surface area contributed by atoms with Crippen molar-refractivity contribution in [1.82, 2.24) is 9.97 Å². The molecule has 0 aliphatic carbocycles. The molecule has 0 bridgehead atoms. The molecule has 2 aromatic rings. The number of carbonyl (C=O) groups is 1. The Morgan fingerprint density at radius 1 is 1.23 bits per heavy atom. The number of aromatic nitrogens is 2. The molecule has 2 heterocycles. The zero-order valence-corrected chi connectivity index (χ0v) is 11.8. The molecule has 116 valence electrons. The second-order valence-electron chi connectivity index (χ2n) is 4.68. The van der Waals surface area contributed by atoms with E-state index in [2.05, 4.69) is 9.97 Å². The minimum atomic E-state index is -4.65. The van der Waals surface area contributed by atoms with Crippen LogP contribution in [0.15, 0.2) is 30.6 Å². The van der Waals surface area contributed by atoms with Crippen molar-refractivity contribution in [1.29, 1.82) is 0 Å². The van der Waals surface area contributed by atoms with Crippen molar-refractivity contribution >= 4 is 17.3 Å². The molecular weight excluding hydrogens is 297 g/mol. The average molecular weight is 310 g/mol. The lowest BCUT2D eigenvalue weighted by Gasteiger charge is -2.18. The van der Waals surface area contributed by atoms with Crippen LogP contribution in [0.2, 0.25) is 0 Å². The van der Waals surface area contributed by atoms with Crippen molar-refractivity contribution in [3.05, 3.63) is 47.5 Å². The molecule has 0 spiro atoms. The quantitative estimate of drug-likeness (QED) is 0.925. The maximum absolute atomic E-state index is 12.7. The Balaban J connectivity index is 2.38. The number of hydrogen-bond acceptors (Lipinski definition) is 4. The first-order chi connectivity index (χ1) is 10.2. The van der Waals surface area contributed by atoms with E-state index in [4.69, 9.17) is 5.73 Å². The molecule has 2 aromatic heterocycles. The van der Waals surface area contributed by atoms with E-state index in [1.807, 2.05) is 0 Å². The van der Waals surface area contributed by atoms with Crippen LogP contribution in [-0.2, 0) is 6.18 Å². The summed E-state index contributed by atoms with van der Waals surface area (Å²) in [7, 11) is 1.43. The van der Waals surface area contributed by atoms with Crippen LogP contribution in [0.3, 0.4) is 0 Å². The third-order valence-corrected chi connectivity index (χ3v) is 3.04. The highest BCUT2D eigenvalue weighted by molar-refractivity contribution is 6.08. The van der Waals surface area contributed by atoms with Crippen LogP contribution in [0.5, 0.6) is 0 Å². The van der Waals surface area contributed by atoms with E-state index in [0.717, 1.165) is 11.9 Å². The normalized spacial score (nSPS) is 11.3. The molecule has 0 saturated heterocycles. The van der Waals surface area contributed by atoms with Gasteiger partial charge in [0, 0.05) is 12.7 Å². The fourth-order valence-electron chi connectivity index (χ4n) is 1.76. The Kier molecular flexibility index (Phi) is 4.03. The molecule has 8 heteroatoms. The predicted octanol–water partition coefficient (Wildman–Crippen LogP) is 2.66. The van der Waals surface area contributed by atoms with Gasteiger partial charge in [0.2, 0.25) is 0 Å². The summed E-state index contributed by atoms with van der Waals surface area (Å²) in [5.41, 5.74) is 5.24. The first-order valence-corrected chi connectivity index (χ1v) is 6.23. The van der Waals surface area contributed by atoms with E-state index >= 15 is 0 Å². The van der Waals surface area contributed by atoms with Gasteiger partial charge in [-0.25, -0.2) is 4.98 Å². The van der Waals surface area contributed by atoms with Crippen molar-refractivity contribution in [3.63, 3.8) is 0 Å². The number of carbonyl (C=O) groups excluding carboxylic acids is 1. The molecule has 0 fully saturated rings. The number of amides is 1. The van der Waals surface area contributed by atoms with Crippen molar-refractivity contribution in [2.24, 2.45) is 0 Å². The number of anilines is 2. The monoisotopic (exact) mass is 310 g/mol. The number of hydrogen-bond donors (Lipinski definition) is 1. The van der Waals surface area contributed by atoms with Crippen LogP contribution in [0.4, 0.5) is 24.5 Å². The van der Waals surface area contributed by atoms with Gasteiger partial charge in [-0.05, 0) is 25.1 Å². The second-order valence-corrected chi connectivity index (χ2v) is 4.68. The minimum absolute atomic E-state index is 0.120. The lowest BCUT2D eigenvalue weighted by molar-refractivity contribution is -0.141. The molecule has 0 aromatic carbocycles. The summed E-state index contributed by atoms with van der Waals surface area (Å²) in [4.78, 5) is 20.8. The molecule has 0 atom stereocenters.